The molecule has 2 rings (SSSR count). The highest BCUT2D eigenvalue weighted by Gasteiger charge is 2.13. The Kier molecular flexibility index (Phi) is 3.93. The van der Waals surface area contributed by atoms with Gasteiger partial charge in [0.15, 0.2) is 5.78 Å². The zero-order valence-corrected chi connectivity index (χ0v) is 10.3. The summed E-state index contributed by atoms with van der Waals surface area (Å²) in [5.41, 5.74) is 0.340. The molecule has 0 heterocycles. The van der Waals surface area contributed by atoms with Gasteiger partial charge >= 0.3 is 6.16 Å². The van der Waals surface area contributed by atoms with Gasteiger partial charge in [0.05, 0.1) is 5.56 Å². The van der Waals surface area contributed by atoms with E-state index in [1.807, 2.05) is 6.07 Å². The van der Waals surface area contributed by atoms with E-state index in [0.29, 0.717) is 11.3 Å². The van der Waals surface area contributed by atoms with E-state index >= 15 is 0 Å². The SMILES string of the molecule is CC(=O)c1ccccc1OC(=O)Oc1ccccc1. The highest BCUT2D eigenvalue weighted by Crippen LogP contribution is 2.19. The predicted octanol–water partition coefficient (Wildman–Crippen LogP) is 3.47. The summed E-state index contributed by atoms with van der Waals surface area (Å²) in [4.78, 5) is 23.0. The van der Waals surface area contributed by atoms with E-state index in [4.69, 9.17) is 9.47 Å². The Labute approximate surface area is 110 Å². The van der Waals surface area contributed by atoms with Gasteiger partial charge in [-0.05, 0) is 31.2 Å². The van der Waals surface area contributed by atoms with Crippen molar-refractivity contribution >= 4 is 11.9 Å². The Balaban J connectivity index is 2.09. The van der Waals surface area contributed by atoms with Crippen LogP contribution in [-0.4, -0.2) is 11.9 Å². The molecule has 0 saturated heterocycles. The monoisotopic (exact) mass is 256 g/mol. The van der Waals surface area contributed by atoms with Gasteiger partial charge in [-0.2, -0.15) is 0 Å². The van der Waals surface area contributed by atoms with E-state index in [0.717, 1.165) is 0 Å². The van der Waals surface area contributed by atoms with Crippen LogP contribution in [-0.2, 0) is 0 Å². The van der Waals surface area contributed by atoms with Crippen LogP contribution in [0.15, 0.2) is 54.6 Å². The van der Waals surface area contributed by atoms with Crippen LogP contribution in [0.3, 0.4) is 0 Å². The molecule has 0 saturated carbocycles. The zero-order chi connectivity index (χ0) is 13.7. The van der Waals surface area contributed by atoms with Gasteiger partial charge < -0.3 is 9.47 Å². The number of hydrogen-bond donors (Lipinski definition) is 0. The van der Waals surface area contributed by atoms with Gasteiger partial charge in [0.1, 0.15) is 11.5 Å². The van der Waals surface area contributed by atoms with Crippen molar-refractivity contribution in [2.24, 2.45) is 0 Å². The number of para-hydroxylation sites is 2. The summed E-state index contributed by atoms with van der Waals surface area (Å²) in [6.45, 7) is 1.41. The molecular formula is C15H12O4. The van der Waals surface area contributed by atoms with Crippen molar-refractivity contribution in [3.8, 4) is 11.5 Å². The van der Waals surface area contributed by atoms with Crippen molar-refractivity contribution in [3.05, 3.63) is 60.2 Å². The number of hydrogen-bond acceptors (Lipinski definition) is 4. The van der Waals surface area contributed by atoms with Crippen molar-refractivity contribution < 1.29 is 19.1 Å². The van der Waals surface area contributed by atoms with Gasteiger partial charge in [-0.3, -0.25) is 4.79 Å². The van der Waals surface area contributed by atoms with Crippen molar-refractivity contribution in [2.45, 2.75) is 6.92 Å². The minimum atomic E-state index is -0.875. The second-order valence-corrected chi connectivity index (χ2v) is 3.82. The number of ether oxygens (including phenoxy) is 2. The van der Waals surface area contributed by atoms with Crippen LogP contribution in [0, 0.1) is 0 Å². The number of benzene rings is 2. The van der Waals surface area contributed by atoms with Gasteiger partial charge in [-0.1, -0.05) is 30.3 Å². The standard InChI is InChI=1S/C15H12O4/c1-11(16)13-9-5-6-10-14(13)19-15(17)18-12-7-3-2-4-8-12/h2-10H,1H3. The molecule has 2 aromatic rings. The van der Waals surface area contributed by atoms with Crippen LogP contribution >= 0.6 is 0 Å². The second kappa shape index (κ2) is 5.82. The van der Waals surface area contributed by atoms with Gasteiger partial charge in [0.25, 0.3) is 0 Å². The number of carbonyl (C=O) groups excluding carboxylic acids is 2. The highest BCUT2D eigenvalue weighted by atomic mass is 16.7. The molecule has 0 aromatic heterocycles. The third-order valence-corrected chi connectivity index (χ3v) is 2.40. The fraction of sp³-hybridized carbons (Fsp3) is 0.0667. The first kappa shape index (κ1) is 12.8. The minimum absolute atomic E-state index is 0.178. The highest BCUT2D eigenvalue weighted by molar-refractivity contribution is 5.97. The van der Waals surface area contributed by atoms with Crippen LogP contribution in [0.5, 0.6) is 11.5 Å². The Hall–Kier alpha value is -2.62. The molecule has 4 nitrogen and oxygen atoms in total. The fourth-order valence-corrected chi connectivity index (χ4v) is 1.54. The van der Waals surface area contributed by atoms with Crippen molar-refractivity contribution in [1.29, 1.82) is 0 Å². The molecule has 0 unspecified atom stereocenters. The molecule has 0 aliphatic rings. The molecule has 0 spiro atoms. The number of ketones is 1. The predicted molar refractivity (Wildman–Crippen MR) is 69.5 cm³/mol. The molecule has 0 atom stereocenters. The lowest BCUT2D eigenvalue weighted by Gasteiger charge is -2.07. The summed E-state index contributed by atoms with van der Waals surface area (Å²) in [5, 5.41) is 0. The van der Waals surface area contributed by atoms with Crippen molar-refractivity contribution in [1.82, 2.24) is 0 Å². The molecule has 0 radical (unpaired) electrons. The Morgan fingerprint density at radius 1 is 0.842 bits per heavy atom. The largest absolute Gasteiger partial charge is 0.519 e. The molecule has 0 aliphatic heterocycles. The Morgan fingerprint density at radius 3 is 2.16 bits per heavy atom. The van der Waals surface area contributed by atoms with Crippen LogP contribution in [0.1, 0.15) is 17.3 Å². The van der Waals surface area contributed by atoms with E-state index in [-0.39, 0.29) is 11.5 Å². The first-order chi connectivity index (χ1) is 9.16. The maximum atomic E-state index is 11.6. The van der Waals surface area contributed by atoms with Crippen molar-refractivity contribution in [2.75, 3.05) is 0 Å². The van der Waals surface area contributed by atoms with Crippen molar-refractivity contribution in [3.63, 3.8) is 0 Å². The van der Waals surface area contributed by atoms with E-state index < -0.39 is 6.16 Å². The van der Waals surface area contributed by atoms with Crippen LogP contribution < -0.4 is 9.47 Å². The fourth-order valence-electron chi connectivity index (χ4n) is 1.54. The molecule has 4 heteroatoms. The second-order valence-electron chi connectivity index (χ2n) is 3.82. The lowest BCUT2D eigenvalue weighted by atomic mass is 10.1. The molecule has 0 aliphatic carbocycles. The molecule has 19 heavy (non-hydrogen) atoms. The quantitative estimate of drug-likeness (QED) is 0.479. The first-order valence-electron chi connectivity index (χ1n) is 5.71. The van der Waals surface area contributed by atoms with Gasteiger partial charge in [-0.15, -0.1) is 0 Å². The summed E-state index contributed by atoms with van der Waals surface area (Å²) < 4.78 is 10.0. The number of carbonyl (C=O) groups is 2. The van der Waals surface area contributed by atoms with Crippen LogP contribution in [0.25, 0.3) is 0 Å². The molecule has 0 bridgehead atoms. The maximum Gasteiger partial charge on any atom is 0.519 e. The maximum absolute atomic E-state index is 11.6. The van der Waals surface area contributed by atoms with Gasteiger partial charge in [-0.25, -0.2) is 4.79 Å². The molecule has 96 valence electrons. The lowest BCUT2D eigenvalue weighted by molar-refractivity contribution is 0.101. The normalized spacial score (nSPS) is 9.74. The smallest absolute Gasteiger partial charge is 0.395 e. The van der Waals surface area contributed by atoms with E-state index in [2.05, 4.69) is 0 Å². The molecule has 0 N–H and O–H groups in total. The number of Topliss-reactive ketones (excluding diaryl/α,β-unsaturated/α-hetero) is 1. The average molecular weight is 256 g/mol. The van der Waals surface area contributed by atoms with Crippen LogP contribution in [0.2, 0.25) is 0 Å². The topological polar surface area (TPSA) is 52.6 Å². The van der Waals surface area contributed by atoms with E-state index in [9.17, 15) is 9.59 Å². The zero-order valence-electron chi connectivity index (χ0n) is 10.3. The number of rotatable bonds is 3. The molecular weight excluding hydrogens is 244 g/mol. The summed E-state index contributed by atoms with van der Waals surface area (Å²) in [6, 6.07) is 15.1. The van der Waals surface area contributed by atoms with Crippen LogP contribution in [0.4, 0.5) is 4.79 Å². The Morgan fingerprint density at radius 2 is 1.47 bits per heavy atom. The summed E-state index contributed by atoms with van der Waals surface area (Å²) in [6.07, 6.45) is -0.875. The van der Waals surface area contributed by atoms with Gasteiger partial charge in [0.2, 0.25) is 0 Å². The molecule has 0 fully saturated rings. The van der Waals surface area contributed by atoms with E-state index in [1.54, 1.807) is 48.5 Å². The third-order valence-electron chi connectivity index (χ3n) is 2.40. The summed E-state index contributed by atoms with van der Waals surface area (Å²) >= 11 is 0. The van der Waals surface area contributed by atoms with E-state index in [1.165, 1.54) is 6.92 Å². The summed E-state index contributed by atoms with van der Waals surface area (Å²) in [5.74, 6) is 0.395. The first-order valence-corrected chi connectivity index (χ1v) is 5.71. The lowest BCUT2D eigenvalue weighted by Crippen LogP contribution is -2.15. The molecule has 0 amide bonds. The third kappa shape index (κ3) is 3.42. The molecule has 2 aromatic carbocycles. The average Bonchev–Trinajstić information content (AvgIpc) is 2.40. The summed E-state index contributed by atoms with van der Waals surface area (Å²) in [7, 11) is 0. The Bertz CT molecular complexity index is 590. The van der Waals surface area contributed by atoms with Gasteiger partial charge in [0, 0.05) is 0 Å². The minimum Gasteiger partial charge on any atom is -0.395 e.